The molecule has 0 amide bonds. The van der Waals surface area contributed by atoms with Gasteiger partial charge in [-0.15, -0.1) is 23.5 Å². The van der Waals surface area contributed by atoms with E-state index in [0.29, 0.717) is 11.5 Å². The molecule has 0 aromatic carbocycles. The number of carbonyl (C=O) groups excluding carboxylic acids is 8. The van der Waals surface area contributed by atoms with Crippen LogP contribution in [0.1, 0.15) is 55.4 Å². The predicted octanol–water partition coefficient (Wildman–Crippen LogP) is 0.656. The molecule has 0 unspecified atom stereocenters. The Labute approximate surface area is 343 Å². The van der Waals surface area contributed by atoms with Gasteiger partial charge in [0.2, 0.25) is 0 Å². The van der Waals surface area contributed by atoms with Crippen LogP contribution in [-0.4, -0.2) is 159 Å². The van der Waals surface area contributed by atoms with E-state index >= 15 is 0 Å². The molecule has 0 aliphatic carbocycles. The van der Waals surface area contributed by atoms with Crippen molar-refractivity contribution in [1.29, 1.82) is 0 Å². The van der Waals surface area contributed by atoms with E-state index in [9.17, 15) is 38.4 Å². The number of ether oxygens (including phenoxy) is 12. The van der Waals surface area contributed by atoms with Crippen LogP contribution in [0.25, 0.3) is 0 Å². The summed E-state index contributed by atoms with van der Waals surface area (Å²) >= 11 is 2.32. The molecule has 22 heteroatoms. The third kappa shape index (κ3) is 18.6. The summed E-state index contributed by atoms with van der Waals surface area (Å²) in [7, 11) is 0. The molecule has 0 aromatic heterocycles. The van der Waals surface area contributed by atoms with Gasteiger partial charge in [-0.1, -0.05) is 11.8 Å². The Morgan fingerprint density at radius 2 is 0.724 bits per heavy atom. The number of carbonyl (C=O) groups is 8. The maximum atomic E-state index is 12.0. The number of hydrogen-bond acceptors (Lipinski definition) is 22. The van der Waals surface area contributed by atoms with Gasteiger partial charge in [-0.3, -0.25) is 38.4 Å². The Bertz CT molecular complexity index is 1390. The molecule has 0 N–H and O–H groups in total. The number of thioether (sulfide) groups is 2. The maximum Gasteiger partial charge on any atom is 0.303 e. The van der Waals surface area contributed by atoms with Gasteiger partial charge < -0.3 is 56.8 Å². The van der Waals surface area contributed by atoms with Crippen molar-refractivity contribution < 1.29 is 95.2 Å². The van der Waals surface area contributed by atoms with E-state index in [0.717, 1.165) is 65.1 Å². The van der Waals surface area contributed by atoms with E-state index in [1.165, 1.54) is 13.8 Å². The van der Waals surface area contributed by atoms with Gasteiger partial charge in [0.15, 0.2) is 36.6 Å². The summed E-state index contributed by atoms with van der Waals surface area (Å²) < 4.78 is 65.9. The van der Waals surface area contributed by atoms with E-state index in [-0.39, 0.29) is 39.6 Å². The topological polar surface area (TPSA) is 247 Å². The Hall–Kier alpha value is -4.14. The first kappa shape index (κ1) is 50.0. The molecule has 0 aromatic rings. The van der Waals surface area contributed by atoms with Gasteiger partial charge >= 0.3 is 47.8 Å². The van der Waals surface area contributed by atoms with Crippen molar-refractivity contribution in [3.8, 4) is 11.8 Å². The van der Waals surface area contributed by atoms with Crippen LogP contribution in [0.5, 0.6) is 0 Å². The van der Waals surface area contributed by atoms with Crippen LogP contribution in [0.4, 0.5) is 0 Å². The molecule has 2 rings (SSSR count). The minimum absolute atomic E-state index is 0.0297. The second-order valence-electron chi connectivity index (χ2n) is 12.3. The van der Waals surface area contributed by atoms with Gasteiger partial charge in [0.25, 0.3) is 0 Å². The van der Waals surface area contributed by atoms with E-state index in [4.69, 9.17) is 56.8 Å². The molecule has 0 saturated carbocycles. The highest BCUT2D eigenvalue weighted by molar-refractivity contribution is 8.00. The van der Waals surface area contributed by atoms with Crippen molar-refractivity contribution in [3.05, 3.63) is 0 Å². The fourth-order valence-electron chi connectivity index (χ4n) is 5.44. The van der Waals surface area contributed by atoms with Crippen molar-refractivity contribution in [2.24, 2.45) is 0 Å². The normalized spacial score (nSPS) is 26.3. The Morgan fingerprint density at radius 1 is 0.431 bits per heavy atom. The largest absolute Gasteiger partial charge is 0.463 e. The van der Waals surface area contributed by atoms with Crippen molar-refractivity contribution in [3.63, 3.8) is 0 Å². The summed E-state index contributed by atoms with van der Waals surface area (Å²) in [6, 6.07) is 0. The van der Waals surface area contributed by atoms with Gasteiger partial charge in [0.05, 0.1) is 13.2 Å². The summed E-state index contributed by atoms with van der Waals surface area (Å²) in [6.07, 6.45) is -9.53. The van der Waals surface area contributed by atoms with Gasteiger partial charge in [-0.2, -0.15) is 0 Å². The summed E-state index contributed by atoms with van der Waals surface area (Å²) in [5.41, 5.74) is -1.88. The van der Waals surface area contributed by atoms with Crippen LogP contribution < -0.4 is 0 Å². The van der Waals surface area contributed by atoms with Gasteiger partial charge in [-0.05, 0) is 0 Å². The first-order valence-corrected chi connectivity index (χ1v) is 19.9. The lowest BCUT2D eigenvalue weighted by molar-refractivity contribution is -0.237. The zero-order chi connectivity index (χ0) is 43.4. The summed E-state index contributed by atoms with van der Waals surface area (Å²) in [6.45, 7) is 8.96. The molecule has 2 heterocycles. The van der Waals surface area contributed by atoms with Gasteiger partial charge in [-0.25, -0.2) is 0 Å². The van der Waals surface area contributed by atoms with Crippen molar-refractivity contribution >= 4 is 71.3 Å². The number of rotatable bonds is 20. The standard InChI is InChI=1S/C36H50O20S2/c1-19(37)47-17-27-29(49-21(3)39)31(51-23(5)41)33(53-25(7)43)35(55-27)57-15-13-45-11-9-10-12-46-14-16-58-36-34(54-26(8)44)32(52-24(6)42)30(50-22(4)40)28(56-36)18-48-20(2)38/h27-36H,11-18H2,1-8H3/t27-,28-,29+,30+,31+,32+,33-,34-,35+,36+/m1/s1. The van der Waals surface area contributed by atoms with Crippen LogP contribution in [0.2, 0.25) is 0 Å². The predicted molar refractivity (Wildman–Crippen MR) is 198 cm³/mol. The van der Waals surface area contributed by atoms with Crippen LogP contribution >= 0.6 is 23.5 Å². The van der Waals surface area contributed by atoms with Crippen molar-refractivity contribution in [2.45, 2.75) is 115 Å². The number of hydrogen-bond donors (Lipinski definition) is 0. The molecular formula is C36H50O20S2. The zero-order valence-corrected chi connectivity index (χ0v) is 35.0. The van der Waals surface area contributed by atoms with E-state index in [2.05, 4.69) is 11.8 Å². The molecule has 20 nitrogen and oxygen atoms in total. The molecule has 0 radical (unpaired) electrons. The molecule has 326 valence electrons. The highest BCUT2D eigenvalue weighted by Gasteiger charge is 2.53. The molecule has 10 atom stereocenters. The summed E-state index contributed by atoms with van der Waals surface area (Å²) in [5.74, 6) is 0.623. The lowest BCUT2D eigenvalue weighted by Crippen LogP contribution is -2.61. The lowest BCUT2D eigenvalue weighted by atomic mass is 9.99. The quantitative estimate of drug-likeness (QED) is 0.0706. The fraction of sp³-hybridized carbons (Fsp3) is 0.722. The monoisotopic (exact) mass is 866 g/mol. The van der Waals surface area contributed by atoms with Gasteiger partial charge in [0.1, 0.15) is 49.5 Å². The molecule has 58 heavy (non-hydrogen) atoms. The van der Waals surface area contributed by atoms with Crippen LogP contribution in [0.3, 0.4) is 0 Å². The molecular weight excluding hydrogens is 817 g/mol. The Kier molecular flexibility index (Phi) is 22.5. The SMILES string of the molecule is CC(=O)OC[C@H]1O[C@@H](SCCOCC#CCOCCS[C@@H]2O[C@H](COC(C)=O)[C@H](OC(C)=O)[C@H](OC(C)=O)[C@H]2OC(C)=O)[C@H](OC(C)=O)[C@@H](OC(C)=O)[C@H]1OC(C)=O. The molecule has 0 spiro atoms. The summed E-state index contributed by atoms with van der Waals surface area (Å²) in [4.78, 5) is 94.9. The van der Waals surface area contributed by atoms with E-state index < -0.39 is 107 Å². The van der Waals surface area contributed by atoms with Crippen molar-refractivity contribution in [1.82, 2.24) is 0 Å². The van der Waals surface area contributed by atoms with Crippen molar-refractivity contribution in [2.75, 3.05) is 51.1 Å². The van der Waals surface area contributed by atoms with E-state index in [1.807, 2.05) is 0 Å². The van der Waals surface area contributed by atoms with E-state index in [1.54, 1.807) is 0 Å². The smallest absolute Gasteiger partial charge is 0.303 e. The van der Waals surface area contributed by atoms with Gasteiger partial charge in [0, 0.05) is 66.9 Å². The molecule has 2 saturated heterocycles. The highest BCUT2D eigenvalue weighted by Crippen LogP contribution is 2.36. The van der Waals surface area contributed by atoms with Crippen LogP contribution in [0.15, 0.2) is 0 Å². The fourth-order valence-corrected chi connectivity index (χ4v) is 7.58. The Balaban J connectivity index is 1.94. The third-order valence-electron chi connectivity index (χ3n) is 7.39. The molecule has 2 aliphatic heterocycles. The molecule has 2 aliphatic rings. The Morgan fingerprint density at radius 3 is 1.02 bits per heavy atom. The van der Waals surface area contributed by atoms with Crippen LogP contribution in [-0.2, 0) is 95.2 Å². The lowest BCUT2D eigenvalue weighted by Gasteiger charge is -2.44. The first-order valence-electron chi connectivity index (χ1n) is 17.8. The second-order valence-corrected chi connectivity index (χ2v) is 14.7. The van der Waals surface area contributed by atoms with Crippen LogP contribution in [0, 0.1) is 11.8 Å². The first-order chi connectivity index (χ1) is 27.4. The average Bonchev–Trinajstić information content (AvgIpc) is 3.10. The summed E-state index contributed by atoms with van der Waals surface area (Å²) in [5, 5.41) is 0. The molecule has 0 bridgehead atoms. The molecule has 2 fully saturated rings. The average molecular weight is 867 g/mol. The number of esters is 8. The second kappa shape index (κ2) is 26.1. The zero-order valence-electron chi connectivity index (χ0n) is 33.4. The highest BCUT2D eigenvalue weighted by atomic mass is 32.2. The minimum Gasteiger partial charge on any atom is -0.463 e. The maximum absolute atomic E-state index is 12.0. The third-order valence-corrected chi connectivity index (χ3v) is 9.61. The minimum atomic E-state index is -1.27.